The van der Waals surface area contributed by atoms with Crippen LogP contribution >= 0.6 is 0 Å². The van der Waals surface area contributed by atoms with Gasteiger partial charge in [-0.2, -0.15) is 0 Å². The summed E-state index contributed by atoms with van der Waals surface area (Å²) in [7, 11) is 0. The summed E-state index contributed by atoms with van der Waals surface area (Å²) < 4.78 is 0. The van der Waals surface area contributed by atoms with Gasteiger partial charge < -0.3 is 14.7 Å². The number of para-hydroxylation sites is 1. The van der Waals surface area contributed by atoms with Crippen LogP contribution in [0.25, 0.3) is 21.9 Å². The molecular formula is C76H82BN3. The first kappa shape index (κ1) is 53.4. The van der Waals surface area contributed by atoms with Crippen molar-refractivity contribution in [2.24, 2.45) is 0 Å². The molecule has 0 N–H and O–H groups in total. The van der Waals surface area contributed by atoms with E-state index in [1.54, 1.807) is 0 Å². The van der Waals surface area contributed by atoms with Crippen molar-refractivity contribution in [1.82, 2.24) is 0 Å². The maximum absolute atomic E-state index is 2.73. The predicted molar refractivity (Wildman–Crippen MR) is 348 cm³/mol. The van der Waals surface area contributed by atoms with E-state index < -0.39 is 0 Å². The maximum atomic E-state index is 2.73. The summed E-state index contributed by atoms with van der Waals surface area (Å²) in [6.45, 7) is 40.4. The van der Waals surface area contributed by atoms with E-state index in [0.717, 1.165) is 29.9 Å². The molecule has 0 saturated heterocycles. The van der Waals surface area contributed by atoms with Crippen molar-refractivity contribution in [3.8, 4) is 11.1 Å². The van der Waals surface area contributed by atoms with Gasteiger partial charge in [-0.25, -0.2) is 0 Å². The van der Waals surface area contributed by atoms with Crippen molar-refractivity contribution >= 4 is 85.1 Å². The van der Waals surface area contributed by atoms with Crippen molar-refractivity contribution in [1.29, 1.82) is 0 Å². The Balaban J connectivity index is 1.22. The van der Waals surface area contributed by atoms with Gasteiger partial charge in [0.15, 0.2) is 0 Å². The van der Waals surface area contributed by atoms with Crippen molar-refractivity contribution in [2.45, 2.75) is 158 Å². The molecule has 9 aromatic rings. The van der Waals surface area contributed by atoms with Gasteiger partial charge in [-0.1, -0.05) is 205 Å². The van der Waals surface area contributed by atoms with Gasteiger partial charge in [-0.15, -0.1) is 0 Å². The molecule has 0 atom stereocenters. The molecule has 0 spiro atoms. The average molecular weight is 1050 g/mol. The lowest BCUT2D eigenvalue weighted by atomic mass is 9.33. The smallest absolute Gasteiger partial charge is 0.252 e. The number of hydrogen-bond donors (Lipinski definition) is 0. The Kier molecular flexibility index (Phi) is 12.4. The Labute approximate surface area is 479 Å². The molecule has 0 fully saturated rings. The van der Waals surface area contributed by atoms with E-state index in [1.807, 2.05) is 0 Å². The standard InChI is InChI=1S/C76H82BN3/c1-47-24-23-25-48(2)70(47)79-64-44-57(78(56-33-31-53(32-34-56)72(5,6)7)63-37-30-51-26-21-22-29-58(51)68(63)52-27-19-18-20-28-52)35-36-61(64)77-62-45-59-60(76(16,17)39-38-75(59,14)15)46-65(62)80(67-43-55(74(11,12)13)42-66(79)69(67)77)71-49(3)40-54(41-50(71)4)73(8,9)10/h18-37,40-46H,38-39H2,1-17H3. The second-order valence-electron chi connectivity index (χ2n) is 28.4. The topological polar surface area (TPSA) is 9.72 Å². The van der Waals surface area contributed by atoms with Gasteiger partial charge in [0.1, 0.15) is 0 Å². The molecule has 0 amide bonds. The van der Waals surface area contributed by atoms with Crippen molar-refractivity contribution in [3.05, 3.63) is 214 Å². The van der Waals surface area contributed by atoms with Gasteiger partial charge >= 0.3 is 0 Å². The van der Waals surface area contributed by atoms with E-state index in [9.17, 15) is 0 Å². The summed E-state index contributed by atoms with van der Waals surface area (Å²) in [5.41, 5.74) is 29.4. The van der Waals surface area contributed by atoms with Crippen LogP contribution < -0.4 is 31.1 Å². The summed E-state index contributed by atoms with van der Waals surface area (Å²) in [5, 5.41) is 2.45. The zero-order valence-corrected chi connectivity index (χ0v) is 50.9. The van der Waals surface area contributed by atoms with Crippen LogP contribution in [0.1, 0.15) is 153 Å². The monoisotopic (exact) mass is 1050 g/mol. The van der Waals surface area contributed by atoms with Crippen LogP contribution in [0.15, 0.2) is 164 Å². The quantitative estimate of drug-likeness (QED) is 0.154. The van der Waals surface area contributed by atoms with Crippen LogP contribution in [0.5, 0.6) is 0 Å². The molecule has 80 heavy (non-hydrogen) atoms. The first-order chi connectivity index (χ1) is 37.7. The lowest BCUT2D eigenvalue weighted by molar-refractivity contribution is 0.332. The summed E-state index contributed by atoms with van der Waals surface area (Å²) >= 11 is 0. The van der Waals surface area contributed by atoms with Crippen LogP contribution in [-0.4, -0.2) is 6.71 Å². The van der Waals surface area contributed by atoms with E-state index >= 15 is 0 Å². The van der Waals surface area contributed by atoms with Crippen LogP contribution in [0.4, 0.5) is 51.2 Å². The summed E-state index contributed by atoms with van der Waals surface area (Å²) in [5.74, 6) is 0. The maximum Gasteiger partial charge on any atom is 0.252 e. The number of anilines is 9. The van der Waals surface area contributed by atoms with Gasteiger partial charge in [-0.3, -0.25) is 0 Å². The summed E-state index contributed by atoms with van der Waals surface area (Å²) in [6.07, 6.45) is 2.30. The minimum atomic E-state index is -0.163. The molecule has 4 heteroatoms. The Morgan fingerprint density at radius 3 is 1.52 bits per heavy atom. The molecule has 3 nitrogen and oxygen atoms in total. The highest BCUT2D eigenvalue weighted by Crippen LogP contribution is 2.54. The van der Waals surface area contributed by atoms with E-state index in [2.05, 4.69) is 296 Å². The number of nitrogens with zero attached hydrogens (tertiary/aromatic N) is 3. The second-order valence-corrected chi connectivity index (χ2v) is 28.4. The number of benzene rings is 9. The number of fused-ring (bicyclic) bond motifs is 6. The third-order valence-corrected chi connectivity index (χ3v) is 18.6. The van der Waals surface area contributed by atoms with Gasteiger partial charge in [0.2, 0.25) is 0 Å². The van der Waals surface area contributed by atoms with Gasteiger partial charge in [0, 0.05) is 39.7 Å². The fourth-order valence-electron chi connectivity index (χ4n) is 13.9. The highest BCUT2D eigenvalue weighted by molar-refractivity contribution is 7.00. The predicted octanol–water partition coefficient (Wildman–Crippen LogP) is 19.5. The molecule has 0 bridgehead atoms. The molecule has 0 saturated carbocycles. The molecule has 12 rings (SSSR count). The van der Waals surface area contributed by atoms with E-state index in [0.29, 0.717) is 0 Å². The zero-order valence-electron chi connectivity index (χ0n) is 50.9. The van der Waals surface area contributed by atoms with E-state index in [1.165, 1.54) is 122 Å². The molecule has 404 valence electrons. The van der Waals surface area contributed by atoms with Crippen molar-refractivity contribution in [3.63, 3.8) is 0 Å². The fourth-order valence-corrected chi connectivity index (χ4v) is 13.9. The minimum absolute atomic E-state index is 0.000731. The molecule has 3 aliphatic rings. The lowest BCUT2D eigenvalue weighted by Gasteiger charge is -2.48. The van der Waals surface area contributed by atoms with Crippen LogP contribution in [0.2, 0.25) is 0 Å². The van der Waals surface area contributed by atoms with Crippen molar-refractivity contribution in [2.75, 3.05) is 14.7 Å². The van der Waals surface area contributed by atoms with E-state index in [-0.39, 0.29) is 33.8 Å². The van der Waals surface area contributed by atoms with Crippen LogP contribution in [-0.2, 0) is 27.1 Å². The SMILES string of the molecule is Cc1cccc(C)c1N1c2cc(N(c3ccc(C(C)(C)C)cc3)c3ccc4ccccc4c3-c3ccccc3)ccc2B2c3cc4c(cc3N(c3c(C)cc(C(C)(C)C)cc3C)c3cc(C(C)(C)C)cc1c32)C(C)(C)CCC4(C)C. The number of aryl methyl sites for hydroxylation is 4. The highest BCUT2D eigenvalue weighted by atomic mass is 15.2. The first-order valence-corrected chi connectivity index (χ1v) is 29.5. The highest BCUT2D eigenvalue weighted by Gasteiger charge is 2.48. The molecule has 9 aromatic carbocycles. The fraction of sp³-hybridized carbons (Fsp3) is 0.316. The van der Waals surface area contributed by atoms with Gasteiger partial charge in [0.25, 0.3) is 6.71 Å². The van der Waals surface area contributed by atoms with Gasteiger partial charge in [-0.05, 0) is 199 Å². The molecule has 1 aliphatic carbocycles. The molecule has 0 aromatic heterocycles. The molecule has 2 aliphatic heterocycles. The summed E-state index contributed by atoms with van der Waals surface area (Å²) in [4.78, 5) is 7.96. The molecule has 2 heterocycles. The largest absolute Gasteiger partial charge is 0.311 e. The van der Waals surface area contributed by atoms with Crippen molar-refractivity contribution < 1.29 is 0 Å². The Morgan fingerprint density at radius 1 is 0.425 bits per heavy atom. The number of hydrogen-bond acceptors (Lipinski definition) is 3. The Bertz CT molecular complexity index is 3910. The van der Waals surface area contributed by atoms with Crippen LogP contribution in [0.3, 0.4) is 0 Å². The van der Waals surface area contributed by atoms with E-state index in [4.69, 9.17) is 0 Å². The normalized spacial score (nSPS) is 15.3. The second kappa shape index (κ2) is 18.6. The molecule has 0 radical (unpaired) electrons. The third kappa shape index (κ3) is 8.70. The number of rotatable bonds is 6. The minimum Gasteiger partial charge on any atom is -0.311 e. The lowest BCUT2D eigenvalue weighted by Crippen LogP contribution is -2.62. The molecule has 0 unspecified atom stereocenters. The first-order valence-electron chi connectivity index (χ1n) is 29.5. The van der Waals surface area contributed by atoms with Gasteiger partial charge in [0.05, 0.1) is 17.1 Å². The Morgan fingerprint density at radius 2 is 0.938 bits per heavy atom. The summed E-state index contributed by atoms with van der Waals surface area (Å²) in [6, 6.07) is 63.8. The molecular weight excluding hydrogens is 966 g/mol. The van der Waals surface area contributed by atoms with Crippen LogP contribution in [0, 0.1) is 27.7 Å². The Hall–Kier alpha value is -7.30. The zero-order chi connectivity index (χ0) is 56.7. The average Bonchev–Trinajstić information content (AvgIpc) is 3.09. The third-order valence-electron chi connectivity index (χ3n) is 18.6.